The van der Waals surface area contributed by atoms with Crippen molar-refractivity contribution in [1.82, 2.24) is 4.57 Å². The van der Waals surface area contributed by atoms with Gasteiger partial charge in [0.25, 0.3) is 0 Å². The maximum Gasteiger partial charge on any atom is 0.200 e. The highest BCUT2D eigenvalue weighted by molar-refractivity contribution is 5.98. The van der Waals surface area contributed by atoms with Crippen molar-refractivity contribution >= 4 is 16.7 Å². The molecule has 0 radical (unpaired) electrons. The summed E-state index contributed by atoms with van der Waals surface area (Å²) in [5.41, 5.74) is 6.30. The standard InChI is InChI=1S/C22H23NO2.C2H6/c1-13-6-8-18(9-7-13)12-23-16(4)21(17(5)24)22(25)19-10-14(2)15(3)11-20(19)23;1-2/h6-11H,12H2,1-5H3;1-2H3. The lowest BCUT2D eigenvalue weighted by atomic mass is 10.0. The fourth-order valence-electron chi connectivity index (χ4n) is 3.32. The van der Waals surface area contributed by atoms with Crippen LogP contribution >= 0.6 is 0 Å². The van der Waals surface area contributed by atoms with E-state index in [1.165, 1.54) is 12.5 Å². The molecule has 3 aromatic rings. The van der Waals surface area contributed by atoms with Gasteiger partial charge >= 0.3 is 0 Å². The fourth-order valence-corrected chi connectivity index (χ4v) is 3.32. The van der Waals surface area contributed by atoms with Crippen molar-refractivity contribution in [3.8, 4) is 0 Å². The molecule has 142 valence electrons. The number of nitrogens with zero attached hydrogens (tertiary/aromatic N) is 1. The van der Waals surface area contributed by atoms with E-state index in [2.05, 4.69) is 41.8 Å². The van der Waals surface area contributed by atoms with Gasteiger partial charge in [0.1, 0.15) is 0 Å². The van der Waals surface area contributed by atoms with Crippen LogP contribution in [0.25, 0.3) is 10.9 Å². The van der Waals surface area contributed by atoms with Gasteiger partial charge < -0.3 is 4.57 Å². The minimum atomic E-state index is -0.180. The van der Waals surface area contributed by atoms with Gasteiger partial charge in [0, 0.05) is 17.6 Å². The molecular formula is C24H29NO2. The van der Waals surface area contributed by atoms with Gasteiger partial charge in [-0.15, -0.1) is 0 Å². The fraction of sp³-hybridized carbons (Fsp3) is 0.333. The molecule has 0 atom stereocenters. The molecule has 0 aliphatic carbocycles. The highest BCUT2D eigenvalue weighted by Crippen LogP contribution is 2.22. The second-order valence-electron chi connectivity index (χ2n) is 6.87. The van der Waals surface area contributed by atoms with Crippen LogP contribution in [0.4, 0.5) is 0 Å². The Kier molecular flexibility index (Phi) is 6.37. The molecule has 0 N–H and O–H groups in total. The highest BCUT2D eigenvalue weighted by Gasteiger charge is 2.18. The third kappa shape index (κ3) is 4.02. The van der Waals surface area contributed by atoms with Crippen molar-refractivity contribution in [1.29, 1.82) is 0 Å². The third-order valence-electron chi connectivity index (χ3n) is 4.95. The molecule has 3 rings (SSSR count). The van der Waals surface area contributed by atoms with Gasteiger partial charge in [-0.3, -0.25) is 9.59 Å². The lowest BCUT2D eigenvalue weighted by molar-refractivity contribution is 0.101. The topological polar surface area (TPSA) is 39.1 Å². The smallest absolute Gasteiger partial charge is 0.200 e. The van der Waals surface area contributed by atoms with E-state index in [1.807, 2.05) is 40.7 Å². The number of aromatic nitrogens is 1. The third-order valence-corrected chi connectivity index (χ3v) is 4.95. The van der Waals surface area contributed by atoms with E-state index in [9.17, 15) is 9.59 Å². The van der Waals surface area contributed by atoms with Crippen molar-refractivity contribution < 1.29 is 4.79 Å². The molecule has 3 nitrogen and oxygen atoms in total. The Morgan fingerprint density at radius 1 is 0.926 bits per heavy atom. The summed E-state index contributed by atoms with van der Waals surface area (Å²) in [5.74, 6) is -0.180. The summed E-state index contributed by atoms with van der Waals surface area (Å²) in [5, 5.41) is 0.617. The van der Waals surface area contributed by atoms with Gasteiger partial charge in [-0.1, -0.05) is 43.7 Å². The molecule has 0 aliphatic rings. The molecule has 27 heavy (non-hydrogen) atoms. The first kappa shape index (κ1) is 20.6. The van der Waals surface area contributed by atoms with Crippen LogP contribution in [-0.4, -0.2) is 10.4 Å². The molecule has 0 bridgehead atoms. The molecule has 0 aliphatic heterocycles. The highest BCUT2D eigenvalue weighted by atomic mass is 16.1. The summed E-state index contributed by atoms with van der Waals surface area (Å²) in [6, 6.07) is 12.3. The van der Waals surface area contributed by atoms with Gasteiger partial charge in [0.2, 0.25) is 0 Å². The van der Waals surface area contributed by atoms with E-state index in [0.717, 1.165) is 27.9 Å². The van der Waals surface area contributed by atoms with Crippen LogP contribution in [0.1, 0.15) is 59.1 Å². The van der Waals surface area contributed by atoms with Crippen molar-refractivity contribution in [2.75, 3.05) is 0 Å². The molecular weight excluding hydrogens is 334 g/mol. The van der Waals surface area contributed by atoms with Crippen molar-refractivity contribution in [2.45, 2.75) is 55.0 Å². The number of Topliss-reactive ketones (excluding diaryl/α,β-unsaturated/α-hetero) is 1. The van der Waals surface area contributed by atoms with Gasteiger partial charge in [0.05, 0.1) is 11.1 Å². The Hall–Kier alpha value is -2.68. The minimum Gasteiger partial charge on any atom is -0.339 e. The summed E-state index contributed by atoms with van der Waals surface area (Å²) < 4.78 is 2.09. The number of aryl methyl sites for hydroxylation is 3. The van der Waals surface area contributed by atoms with Crippen LogP contribution < -0.4 is 5.43 Å². The van der Waals surface area contributed by atoms with Crippen LogP contribution in [0.5, 0.6) is 0 Å². The van der Waals surface area contributed by atoms with Crippen molar-refractivity contribution in [3.63, 3.8) is 0 Å². The summed E-state index contributed by atoms with van der Waals surface area (Å²) >= 11 is 0. The van der Waals surface area contributed by atoms with E-state index >= 15 is 0 Å². The average molecular weight is 364 g/mol. The van der Waals surface area contributed by atoms with Crippen LogP contribution in [0.2, 0.25) is 0 Å². The SMILES string of the molecule is CC.CC(=O)c1c(C)n(Cc2ccc(C)cc2)c2cc(C)c(C)cc2c1=O. The number of fused-ring (bicyclic) bond motifs is 1. The van der Waals surface area contributed by atoms with Gasteiger partial charge in [-0.05, 0) is 63.4 Å². The monoisotopic (exact) mass is 363 g/mol. The Bertz CT molecular complexity index is 1040. The first-order valence-electron chi connectivity index (χ1n) is 9.50. The molecule has 3 heteroatoms. The summed E-state index contributed by atoms with van der Waals surface area (Å²) in [4.78, 5) is 25.0. The number of carbonyl (C=O) groups is 1. The number of benzene rings is 2. The molecule has 0 amide bonds. The molecule has 1 heterocycles. The Labute approximate surface area is 161 Å². The maximum atomic E-state index is 12.9. The molecule has 0 saturated heterocycles. The molecule has 1 aromatic heterocycles. The minimum absolute atomic E-state index is 0.164. The van der Waals surface area contributed by atoms with E-state index in [-0.39, 0.29) is 11.2 Å². The zero-order valence-electron chi connectivity index (χ0n) is 17.4. The second kappa shape index (κ2) is 8.34. The lowest BCUT2D eigenvalue weighted by Gasteiger charge is -2.19. The number of hydrogen-bond acceptors (Lipinski definition) is 2. The normalized spacial score (nSPS) is 10.5. The van der Waals surface area contributed by atoms with E-state index in [4.69, 9.17) is 0 Å². The van der Waals surface area contributed by atoms with Gasteiger partial charge in [-0.2, -0.15) is 0 Å². The van der Waals surface area contributed by atoms with Crippen molar-refractivity contribution in [2.24, 2.45) is 0 Å². The first-order chi connectivity index (χ1) is 12.8. The second-order valence-corrected chi connectivity index (χ2v) is 6.87. The molecule has 0 unspecified atom stereocenters. The van der Waals surface area contributed by atoms with E-state index in [1.54, 1.807) is 0 Å². The van der Waals surface area contributed by atoms with Crippen LogP contribution in [-0.2, 0) is 6.54 Å². The average Bonchev–Trinajstić information content (AvgIpc) is 2.63. The molecule has 2 aromatic carbocycles. The zero-order valence-corrected chi connectivity index (χ0v) is 17.4. The Balaban J connectivity index is 0.00000126. The van der Waals surface area contributed by atoms with Gasteiger partial charge in [0.15, 0.2) is 11.2 Å². The molecule has 0 spiro atoms. The lowest BCUT2D eigenvalue weighted by Crippen LogP contribution is -2.22. The predicted molar refractivity (Wildman–Crippen MR) is 114 cm³/mol. The van der Waals surface area contributed by atoms with Crippen LogP contribution in [0.15, 0.2) is 41.2 Å². The largest absolute Gasteiger partial charge is 0.339 e. The van der Waals surface area contributed by atoms with E-state index in [0.29, 0.717) is 17.5 Å². The summed E-state index contributed by atoms with van der Waals surface area (Å²) in [6.07, 6.45) is 0. The Morgan fingerprint density at radius 3 is 2.04 bits per heavy atom. The van der Waals surface area contributed by atoms with Gasteiger partial charge in [-0.25, -0.2) is 0 Å². The molecule has 0 fully saturated rings. The predicted octanol–water partition coefficient (Wildman–Crippen LogP) is 5.51. The van der Waals surface area contributed by atoms with Crippen molar-refractivity contribution in [3.05, 3.63) is 80.1 Å². The van der Waals surface area contributed by atoms with E-state index < -0.39 is 0 Å². The number of carbonyl (C=O) groups excluding carboxylic acids is 1. The Morgan fingerprint density at radius 2 is 1.48 bits per heavy atom. The van der Waals surface area contributed by atoms with Crippen LogP contribution in [0, 0.1) is 27.7 Å². The number of rotatable bonds is 3. The first-order valence-corrected chi connectivity index (χ1v) is 9.50. The summed E-state index contributed by atoms with van der Waals surface area (Å²) in [6.45, 7) is 14.1. The maximum absolute atomic E-state index is 12.9. The number of ketones is 1. The molecule has 0 saturated carbocycles. The number of hydrogen-bond donors (Lipinski definition) is 0. The number of pyridine rings is 1. The summed E-state index contributed by atoms with van der Waals surface area (Å²) in [7, 11) is 0. The zero-order chi connectivity index (χ0) is 20.3. The quantitative estimate of drug-likeness (QED) is 0.575. The van der Waals surface area contributed by atoms with Crippen LogP contribution in [0.3, 0.4) is 0 Å².